The molecule has 1 saturated heterocycles. The minimum absolute atomic E-state index is 0.384. The van der Waals surface area contributed by atoms with Crippen molar-refractivity contribution in [1.29, 1.82) is 0 Å². The van der Waals surface area contributed by atoms with E-state index in [-0.39, 0.29) is 5.79 Å². The Labute approximate surface area is 98.9 Å². The summed E-state index contributed by atoms with van der Waals surface area (Å²) in [6, 6.07) is 0.384. The van der Waals surface area contributed by atoms with Crippen molar-refractivity contribution in [2.75, 3.05) is 19.8 Å². The van der Waals surface area contributed by atoms with E-state index in [1.807, 2.05) is 13.8 Å². The van der Waals surface area contributed by atoms with Gasteiger partial charge in [0.1, 0.15) is 0 Å². The predicted octanol–water partition coefficient (Wildman–Crippen LogP) is 2.31. The summed E-state index contributed by atoms with van der Waals surface area (Å²) in [4.78, 5) is 0. The first-order chi connectivity index (χ1) is 7.66. The van der Waals surface area contributed by atoms with Crippen LogP contribution < -0.4 is 5.32 Å². The van der Waals surface area contributed by atoms with Crippen LogP contribution in [0.1, 0.15) is 46.0 Å². The van der Waals surface area contributed by atoms with Gasteiger partial charge in [0.25, 0.3) is 0 Å². The molecule has 0 bridgehead atoms. The minimum atomic E-state index is -0.386. The zero-order chi connectivity index (χ0) is 11.4. The lowest BCUT2D eigenvalue weighted by atomic mass is 9.89. The molecule has 1 N–H and O–H groups in total. The summed E-state index contributed by atoms with van der Waals surface area (Å²) in [7, 11) is 0. The van der Waals surface area contributed by atoms with E-state index in [9.17, 15) is 0 Å². The molecule has 0 spiro atoms. The molecule has 0 atom stereocenters. The molecule has 94 valence electrons. The molecule has 0 unspecified atom stereocenters. The average Bonchev–Trinajstić information content (AvgIpc) is 2.29. The van der Waals surface area contributed by atoms with E-state index < -0.39 is 0 Å². The molecule has 2 fully saturated rings. The molecule has 2 aliphatic rings. The van der Waals surface area contributed by atoms with Crippen LogP contribution >= 0.6 is 0 Å². The summed E-state index contributed by atoms with van der Waals surface area (Å²) < 4.78 is 11.3. The Balaban J connectivity index is 1.63. The second kappa shape index (κ2) is 5.48. The van der Waals surface area contributed by atoms with Crippen molar-refractivity contribution in [3.8, 4) is 0 Å². The first kappa shape index (κ1) is 12.3. The Bertz CT molecular complexity index is 202. The van der Waals surface area contributed by atoms with Gasteiger partial charge in [0.05, 0.1) is 19.3 Å². The maximum absolute atomic E-state index is 5.63. The van der Waals surface area contributed by atoms with E-state index >= 15 is 0 Å². The van der Waals surface area contributed by atoms with Crippen molar-refractivity contribution in [3.63, 3.8) is 0 Å². The number of nitrogens with one attached hydrogen (secondary N) is 1. The molecule has 0 aromatic rings. The van der Waals surface area contributed by atoms with Gasteiger partial charge in [0, 0.05) is 0 Å². The van der Waals surface area contributed by atoms with Crippen LogP contribution in [-0.2, 0) is 9.47 Å². The lowest BCUT2D eigenvalue weighted by Crippen LogP contribution is -2.49. The average molecular weight is 227 g/mol. The van der Waals surface area contributed by atoms with Crippen molar-refractivity contribution in [3.05, 3.63) is 0 Å². The van der Waals surface area contributed by atoms with Gasteiger partial charge < -0.3 is 14.8 Å². The molecule has 3 heteroatoms. The molecule has 2 rings (SSSR count). The topological polar surface area (TPSA) is 30.5 Å². The minimum Gasteiger partial charge on any atom is -0.349 e. The molecule has 16 heavy (non-hydrogen) atoms. The largest absolute Gasteiger partial charge is 0.349 e. The highest BCUT2D eigenvalue weighted by atomic mass is 16.7. The van der Waals surface area contributed by atoms with Crippen molar-refractivity contribution >= 4 is 0 Å². The third-order valence-electron chi connectivity index (χ3n) is 3.68. The lowest BCUT2D eigenvalue weighted by molar-refractivity contribution is -0.253. The fourth-order valence-electron chi connectivity index (χ4n) is 2.53. The van der Waals surface area contributed by atoms with E-state index in [1.165, 1.54) is 32.1 Å². The first-order valence-electron chi connectivity index (χ1n) is 6.67. The highest BCUT2D eigenvalue weighted by Crippen LogP contribution is 2.23. The third kappa shape index (κ3) is 3.72. The van der Waals surface area contributed by atoms with Crippen LogP contribution in [-0.4, -0.2) is 31.6 Å². The molecular weight excluding hydrogens is 202 g/mol. The maximum atomic E-state index is 5.63. The van der Waals surface area contributed by atoms with Gasteiger partial charge in [-0.2, -0.15) is 0 Å². The van der Waals surface area contributed by atoms with Gasteiger partial charge in [-0.15, -0.1) is 0 Å². The van der Waals surface area contributed by atoms with Gasteiger partial charge in [-0.05, 0) is 39.2 Å². The Morgan fingerprint density at radius 1 is 1.06 bits per heavy atom. The van der Waals surface area contributed by atoms with Crippen molar-refractivity contribution < 1.29 is 9.47 Å². The fraction of sp³-hybridized carbons (Fsp3) is 1.00. The number of hydrogen-bond acceptors (Lipinski definition) is 3. The third-order valence-corrected chi connectivity index (χ3v) is 3.68. The van der Waals surface area contributed by atoms with E-state index in [2.05, 4.69) is 5.32 Å². The van der Waals surface area contributed by atoms with Crippen LogP contribution in [0.15, 0.2) is 0 Å². The zero-order valence-corrected chi connectivity index (χ0v) is 10.6. The van der Waals surface area contributed by atoms with Gasteiger partial charge in [-0.25, -0.2) is 0 Å². The molecule has 0 amide bonds. The molecule has 0 radical (unpaired) electrons. The summed E-state index contributed by atoms with van der Waals surface area (Å²) in [5.41, 5.74) is 0. The molecular formula is C13H25NO2. The van der Waals surface area contributed by atoms with E-state index in [0.717, 1.165) is 25.7 Å². The Morgan fingerprint density at radius 2 is 1.69 bits per heavy atom. The summed E-state index contributed by atoms with van der Waals surface area (Å²) in [6.07, 6.45) is 7.05. The summed E-state index contributed by atoms with van der Waals surface area (Å²) >= 11 is 0. The summed E-state index contributed by atoms with van der Waals surface area (Å²) in [5, 5.41) is 3.58. The summed E-state index contributed by atoms with van der Waals surface area (Å²) in [5.74, 6) is 0.493. The van der Waals surface area contributed by atoms with Gasteiger partial charge in [-0.1, -0.05) is 19.3 Å². The fourth-order valence-corrected chi connectivity index (χ4v) is 2.53. The molecule has 1 saturated carbocycles. The molecule has 0 aromatic carbocycles. The second-order valence-electron chi connectivity index (χ2n) is 5.63. The Hall–Kier alpha value is -0.120. The quantitative estimate of drug-likeness (QED) is 0.802. The van der Waals surface area contributed by atoms with Crippen LogP contribution in [0.25, 0.3) is 0 Å². The number of ether oxygens (including phenoxy) is 2. The molecule has 1 heterocycles. The first-order valence-corrected chi connectivity index (χ1v) is 6.67. The SMILES string of the molecule is CC1(C)OCC(NCC2CCCCC2)CO1. The molecule has 1 aliphatic heterocycles. The maximum Gasteiger partial charge on any atom is 0.162 e. The monoisotopic (exact) mass is 227 g/mol. The van der Waals surface area contributed by atoms with Gasteiger partial charge in [0.15, 0.2) is 5.79 Å². The smallest absolute Gasteiger partial charge is 0.162 e. The zero-order valence-electron chi connectivity index (χ0n) is 10.6. The number of hydrogen-bond donors (Lipinski definition) is 1. The van der Waals surface area contributed by atoms with Gasteiger partial charge in [0.2, 0.25) is 0 Å². The molecule has 3 nitrogen and oxygen atoms in total. The van der Waals surface area contributed by atoms with Crippen LogP contribution in [0.5, 0.6) is 0 Å². The van der Waals surface area contributed by atoms with Crippen LogP contribution in [0.2, 0.25) is 0 Å². The van der Waals surface area contributed by atoms with Crippen molar-refractivity contribution in [1.82, 2.24) is 5.32 Å². The predicted molar refractivity (Wildman–Crippen MR) is 64.3 cm³/mol. The van der Waals surface area contributed by atoms with E-state index in [4.69, 9.17) is 9.47 Å². The van der Waals surface area contributed by atoms with Crippen molar-refractivity contribution in [2.24, 2.45) is 5.92 Å². The van der Waals surface area contributed by atoms with Crippen molar-refractivity contribution in [2.45, 2.75) is 57.8 Å². The molecule has 0 aromatic heterocycles. The Morgan fingerprint density at radius 3 is 2.31 bits per heavy atom. The van der Waals surface area contributed by atoms with E-state index in [1.54, 1.807) is 0 Å². The highest BCUT2D eigenvalue weighted by molar-refractivity contribution is 4.76. The van der Waals surface area contributed by atoms with Gasteiger partial charge >= 0.3 is 0 Å². The van der Waals surface area contributed by atoms with Crippen LogP contribution in [0.3, 0.4) is 0 Å². The normalized spacial score (nSPS) is 28.1. The second-order valence-corrected chi connectivity index (χ2v) is 5.63. The van der Waals surface area contributed by atoms with E-state index in [0.29, 0.717) is 6.04 Å². The standard InChI is InChI=1S/C13H25NO2/c1-13(2)15-9-12(10-16-13)14-8-11-6-4-3-5-7-11/h11-12,14H,3-10H2,1-2H3. The Kier molecular flexibility index (Phi) is 4.22. The molecule has 1 aliphatic carbocycles. The van der Waals surface area contributed by atoms with Crippen LogP contribution in [0.4, 0.5) is 0 Å². The van der Waals surface area contributed by atoms with Crippen LogP contribution in [0, 0.1) is 5.92 Å². The highest BCUT2D eigenvalue weighted by Gasteiger charge is 2.28. The van der Waals surface area contributed by atoms with Gasteiger partial charge in [-0.3, -0.25) is 0 Å². The number of rotatable bonds is 3. The summed E-state index contributed by atoms with van der Waals surface area (Å²) in [6.45, 7) is 6.64. The lowest BCUT2D eigenvalue weighted by Gasteiger charge is -2.36.